The van der Waals surface area contributed by atoms with Crippen LogP contribution in [-0.2, 0) is 4.79 Å². The molecule has 1 atom stereocenters. The number of hydrogen-bond donors (Lipinski definition) is 2. The molecule has 1 heterocycles. The van der Waals surface area contributed by atoms with E-state index >= 15 is 0 Å². The summed E-state index contributed by atoms with van der Waals surface area (Å²) in [5.41, 5.74) is 2.29. The van der Waals surface area contributed by atoms with Gasteiger partial charge in [0.25, 0.3) is 0 Å². The lowest BCUT2D eigenvalue weighted by atomic mass is 10.2. The average Bonchev–Trinajstić information content (AvgIpc) is 2.51. The second kappa shape index (κ2) is 4.04. The van der Waals surface area contributed by atoms with Crippen LogP contribution >= 0.6 is 0 Å². The Morgan fingerprint density at radius 1 is 1.83 bits per heavy atom. The van der Waals surface area contributed by atoms with Gasteiger partial charge >= 0.3 is 0 Å². The highest BCUT2D eigenvalue weighted by Crippen LogP contribution is 2.15. The molecule has 3 N–H and O–H groups in total. The summed E-state index contributed by atoms with van der Waals surface area (Å²) in [5.74, 6) is 4.91. The van der Waals surface area contributed by atoms with E-state index in [-0.39, 0.29) is 18.5 Å². The Bertz CT molecular complexity index is 210. The van der Waals surface area contributed by atoms with Crippen molar-refractivity contribution >= 4 is 5.91 Å². The molecule has 1 rings (SSSR count). The summed E-state index contributed by atoms with van der Waals surface area (Å²) in [4.78, 5) is 12.8. The number of carbonyl (C=O) groups excluding carboxylic acids is 1. The van der Waals surface area contributed by atoms with Crippen molar-refractivity contribution in [1.82, 2.24) is 10.3 Å². The SMILES string of the molecule is N#C[C@@H]1CCCN1C(=O)CNN. The van der Waals surface area contributed by atoms with Crippen LogP contribution in [-0.4, -0.2) is 29.9 Å². The molecule has 0 aromatic heterocycles. The van der Waals surface area contributed by atoms with Crippen LogP contribution in [0.25, 0.3) is 0 Å². The molecular weight excluding hydrogens is 156 g/mol. The predicted molar refractivity (Wildman–Crippen MR) is 42.5 cm³/mol. The third-order valence-corrected chi connectivity index (χ3v) is 1.98. The minimum atomic E-state index is -0.245. The number of nitrogens with zero attached hydrogens (tertiary/aromatic N) is 2. The van der Waals surface area contributed by atoms with Gasteiger partial charge in [-0.15, -0.1) is 0 Å². The molecule has 1 fully saturated rings. The lowest BCUT2D eigenvalue weighted by Gasteiger charge is -2.18. The Kier molecular flexibility index (Phi) is 3.02. The molecule has 1 aliphatic rings. The Morgan fingerprint density at radius 2 is 2.58 bits per heavy atom. The van der Waals surface area contributed by atoms with Crippen molar-refractivity contribution in [3.05, 3.63) is 0 Å². The second-order valence-corrected chi connectivity index (χ2v) is 2.76. The zero-order valence-corrected chi connectivity index (χ0v) is 6.79. The molecule has 5 nitrogen and oxygen atoms in total. The standard InChI is InChI=1S/C7H12N4O/c8-4-6-2-1-3-11(6)7(12)5-10-9/h6,10H,1-3,5,9H2/t6-/m0/s1. The number of rotatable bonds is 2. The number of nitrogens with one attached hydrogen (secondary N) is 1. The fourth-order valence-corrected chi connectivity index (χ4v) is 1.39. The van der Waals surface area contributed by atoms with Gasteiger partial charge in [0.05, 0.1) is 12.6 Å². The molecular formula is C7H12N4O. The molecule has 0 spiro atoms. The first-order chi connectivity index (χ1) is 5.79. The highest BCUT2D eigenvalue weighted by atomic mass is 16.2. The van der Waals surface area contributed by atoms with E-state index < -0.39 is 0 Å². The Morgan fingerprint density at radius 3 is 3.17 bits per heavy atom. The summed E-state index contributed by atoms with van der Waals surface area (Å²) >= 11 is 0. The maximum absolute atomic E-state index is 11.2. The van der Waals surface area contributed by atoms with E-state index in [1.54, 1.807) is 4.90 Å². The van der Waals surface area contributed by atoms with Crippen LogP contribution < -0.4 is 11.3 Å². The maximum atomic E-state index is 11.2. The van der Waals surface area contributed by atoms with Crippen molar-refractivity contribution in [3.63, 3.8) is 0 Å². The van der Waals surface area contributed by atoms with Crippen molar-refractivity contribution in [3.8, 4) is 6.07 Å². The van der Waals surface area contributed by atoms with E-state index in [9.17, 15) is 4.79 Å². The van der Waals surface area contributed by atoms with Crippen LogP contribution in [0.15, 0.2) is 0 Å². The summed E-state index contributed by atoms with van der Waals surface area (Å²) in [7, 11) is 0. The third kappa shape index (κ3) is 1.72. The van der Waals surface area contributed by atoms with E-state index in [2.05, 4.69) is 11.5 Å². The van der Waals surface area contributed by atoms with Gasteiger partial charge in [0.15, 0.2) is 0 Å². The number of amides is 1. The van der Waals surface area contributed by atoms with Gasteiger partial charge in [0.2, 0.25) is 5.91 Å². The van der Waals surface area contributed by atoms with Crippen molar-refractivity contribution in [2.24, 2.45) is 5.84 Å². The molecule has 1 aliphatic heterocycles. The number of carbonyl (C=O) groups is 1. The summed E-state index contributed by atoms with van der Waals surface area (Å²) in [6, 6.07) is 1.85. The van der Waals surface area contributed by atoms with Crippen LogP contribution in [0.2, 0.25) is 0 Å². The Balaban J connectivity index is 2.51. The molecule has 0 aromatic carbocycles. The number of hydrazine groups is 1. The first-order valence-corrected chi connectivity index (χ1v) is 3.92. The van der Waals surface area contributed by atoms with Crippen LogP contribution in [0, 0.1) is 11.3 Å². The molecule has 0 aliphatic carbocycles. The van der Waals surface area contributed by atoms with Crippen LogP contribution in [0.5, 0.6) is 0 Å². The molecule has 0 saturated carbocycles. The molecule has 0 radical (unpaired) electrons. The highest BCUT2D eigenvalue weighted by Gasteiger charge is 2.27. The van der Waals surface area contributed by atoms with Crippen molar-refractivity contribution in [2.45, 2.75) is 18.9 Å². The minimum absolute atomic E-state index is 0.0958. The van der Waals surface area contributed by atoms with E-state index in [1.807, 2.05) is 0 Å². The van der Waals surface area contributed by atoms with Gasteiger partial charge in [0.1, 0.15) is 6.04 Å². The summed E-state index contributed by atoms with van der Waals surface area (Å²) in [6.45, 7) is 0.789. The Labute approximate surface area is 71.1 Å². The minimum Gasteiger partial charge on any atom is -0.326 e. The molecule has 0 bridgehead atoms. The maximum Gasteiger partial charge on any atom is 0.238 e. The van der Waals surface area contributed by atoms with E-state index in [1.165, 1.54) is 0 Å². The number of nitrogens with two attached hydrogens (primary N) is 1. The quantitative estimate of drug-likeness (QED) is 0.408. The third-order valence-electron chi connectivity index (χ3n) is 1.98. The molecule has 66 valence electrons. The number of likely N-dealkylation sites (tertiary alicyclic amines) is 1. The molecule has 12 heavy (non-hydrogen) atoms. The number of nitriles is 1. The van der Waals surface area contributed by atoms with Gasteiger partial charge in [-0.25, -0.2) is 0 Å². The van der Waals surface area contributed by atoms with Gasteiger partial charge in [-0.1, -0.05) is 0 Å². The van der Waals surface area contributed by atoms with Crippen LogP contribution in [0.3, 0.4) is 0 Å². The van der Waals surface area contributed by atoms with Gasteiger partial charge in [0, 0.05) is 6.54 Å². The fourth-order valence-electron chi connectivity index (χ4n) is 1.39. The Hall–Kier alpha value is -1.12. The smallest absolute Gasteiger partial charge is 0.238 e. The van der Waals surface area contributed by atoms with Crippen molar-refractivity contribution < 1.29 is 4.79 Å². The highest BCUT2D eigenvalue weighted by molar-refractivity contribution is 5.79. The molecule has 1 amide bonds. The summed E-state index contributed by atoms with van der Waals surface area (Å²) in [5, 5.41) is 8.66. The van der Waals surface area contributed by atoms with Crippen molar-refractivity contribution in [1.29, 1.82) is 5.26 Å². The van der Waals surface area contributed by atoms with Crippen LogP contribution in [0.1, 0.15) is 12.8 Å². The second-order valence-electron chi connectivity index (χ2n) is 2.76. The topological polar surface area (TPSA) is 82.2 Å². The lowest BCUT2D eigenvalue weighted by Crippen LogP contribution is -2.42. The van der Waals surface area contributed by atoms with Gasteiger partial charge in [-0.2, -0.15) is 5.26 Å². The molecule has 0 unspecified atom stereocenters. The molecule has 5 heteroatoms. The summed E-state index contributed by atoms with van der Waals surface area (Å²) in [6.07, 6.45) is 1.70. The largest absolute Gasteiger partial charge is 0.326 e. The van der Waals surface area contributed by atoms with Crippen molar-refractivity contribution in [2.75, 3.05) is 13.1 Å². The van der Waals surface area contributed by atoms with Gasteiger partial charge < -0.3 is 4.90 Å². The van der Waals surface area contributed by atoms with E-state index in [4.69, 9.17) is 11.1 Å². The average molecular weight is 168 g/mol. The summed E-state index contributed by atoms with van der Waals surface area (Å²) < 4.78 is 0. The van der Waals surface area contributed by atoms with E-state index in [0.29, 0.717) is 6.54 Å². The fraction of sp³-hybridized carbons (Fsp3) is 0.714. The van der Waals surface area contributed by atoms with Crippen LogP contribution in [0.4, 0.5) is 0 Å². The first-order valence-electron chi connectivity index (χ1n) is 3.92. The van der Waals surface area contributed by atoms with E-state index in [0.717, 1.165) is 12.8 Å². The van der Waals surface area contributed by atoms with Gasteiger partial charge in [-0.3, -0.25) is 16.1 Å². The monoisotopic (exact) mass is 168 g/mol. The lowest BCUT2D eigenvalue weighted by molar-refractivity contribution is -0.130. The predicted octanol–water partition coefficient (Wildman–Crippen LogP) is -1.04. The molecule has 0 aromatic rings. The number of hydrogen-bond acceptors (Lipinski definition) is 4. The molecule has 1 saturated heterocycles. The zero-order chi connectivity index (χ0) is 8.97. The van der Waals surface area contributed by atoms with Gasteiger partial charge in [-0.05, 0) is 12.8 Å². The normalized spacial score (nSPS) is 22.3. The zero-order valence-electron chi connectivity index (χ0n) is 6.79. The first kappa shape index (κ1) is 8.97.